The summed E-state index contributed by atoms with van der Waals surface area (Å²) in [5.41, 5.74) is 7.97. The van der Waals surface area contributed by atoms with E-state index in [-0.39, 0.29) is 6.04 Å². The number of halogens is 3. The zero-order valence-corrected chi connectivity index (χ0v) is 11.8. The van der Waals surface area contributed by atoms with Gasteiger partial charge in [0.2, 0.25) is 0 Å². The fraction of sp³-hybridized carbons (Fsp3) is 0.231. The van der Waals surface area contributed by atoms with E-state index >= 15 is 0 Å². The van der Waals surface area contributed by atoms with Gasteiger partial charge in [-0.3, -0.25) is 0 Å². The van der Waals surface area contributed by atoms with Gasteiger partial charge in [0.1, 0.15) is 11.0 Å². The molecule has 2 atom stereocenters. The summed E-state index contributed by atoms with van der Waals surface area (Å²) in [7, 11) is 0. The Hall–Kier alpha value is -1.99. The average molecular weight is 325 g/mol. The summed E-state index contributed by atoms with van der Waals surface area (Å²) in [6.07, 6.45) is -2.82. The number of hydrogen-bond acceptors (Lipinski definition) is 6. The third-order valence-electron chi connectivity index (χ3n) is 3.19. The van der Waals surface area contributed by atoms with E-state index < -0.39 is 17.8 Å². The van der Waals surface area contributed by atoms with Crippen molar-refractivity contribution in [3.05, 3.63) is 40.9 Å². The lowest BCUT2D eigenvalue weighted by Crippen LogP contribution is -2.32. The van der Waals surface area contributed by atoms with E-state index in [0.29, 0.717) is 10.6 Å². The summed E-state index contributed by atoms with van der Waals surface area (Å²) in [5, 5.41) is 9.49. The Balaban J connectivity index is 1.90. The van der Waals surface area contributed by atoms with Gasteiger partial charge in [0.05, 0.1) is 17.7 Å². The smallest absolute Gasteiger partial charge is 0.244 e. The maximum absolute atomic E-state index is 12.8. The molecule has 1 saturated heterocycles. The standard InChI is InChI=1S/C13H10F3N5S/c14-13(15,16)8-3-1-2-7(4-8)12-18-6-10(22-12)11-9(5-17)19-21-20-11/h1-4,6,9,11,19-21H. The highest BCUT2D eigenvalue weighted by Crippen LogP contribution is 2.35. The molecule has 0 aliphatic carbocycles. The molecule has 1 aromatic heterocycles. The van der Waals surface area contributed by atoms with E-state index in [9.17, 15) is 13.2 Å². The number of rotatable bonds is 2. The van der Waals surface area contributed by atoms with Gasteiger partial charge in [-0.2, -0.15) is 24.0 Å². The van der Waals surface area contributed by atoms with Crippen molar-refractivity contribution in [1.82, 2.24) is 21.4 Å². The maximum atomic E-state index is 12.8. The minimum absolute atomic E-state index is 0.304. The van der Waals surface area contributed by atoms with Crippen LogP contribution < -0.4 is 16.4 Å². The van der Waals surface area contributed by atoms with Crippen LogP contribution >= 0.6 is 11.3 Å². The van der Waals surface area contributed by atoms with Gasteiger partial charge >= 0.3 is 6.18 Å². The highest BCUT2D eigenvalue weighted by atomic mass is 32.1. The molecule has 3 N–H and O–H groups in total. The number of benzene rings is 1. The number of hydrazine groups is 2. The van der Waals surface area contributed by atoms with E-state index in [2.05, 4.69) is 27.4 Å². The van der Waals surface area contributed by atoms with E-state index in [1.807, 2.05) is 0 Å². The second-order valence-electron chi connectivity index (χ2n) is 4.64. The zero-order chi connectivity index (χ0) is 15.7. The Morgan fingerprint density at radius 2 is 2.09 bits per heavy atom. The van der Waals surface area contributed by atoms with Crippen LogP contribution in [0.3, 0.4) is 0 Å². The van der Waals surface area contributed by atoms with Gasteiger partial charge in [-0.25, -0.2) is 15.8 Å². The molecule has 2 heterocycles. The van der Waals surface area contributed by atoms with Crippen molar-refractivity contribution in [2.75, 3.05) is 0 Å². The lowest BCUT2D eigenvalue weighted by atomic mass is 10.1. The molecule has 1 fully saturated rings. The summed E-state index contributed by atoms with van der Waals surface area (Å²) >= 11 is 1.25. The summed E-state index contributed by atoms with van der Waals surface area (Å²) in [6.45, 7) is 0. The molecule has 3 rings (SSSR count). The molecule has 1 aromatic carbocycles. The van der Waals surface area contributed by atoms with Crippen LogP contribution in [-0.4, -0.2) is 11.0 Å². The third-order valence-corrected chi connectivity index (χ3v) is 4.32. The second-order valence-corrected chi connectivity index (χ2v) is 5.71. The highest BCUT2D eigenvalue weighted by molar-refractivity contribution is 7.15. The third kappa shape index (κ3) is 2.82. The van der Waals surface area contributed by atoms with Crippen molar-refractivity contribution in [1.29, 1.82) is 5.26 Å². The molecular weight excluding hydrogens is 315 g/mol. The second kappa shape index (κ2) is 5.66. The molecule has 9 heteroatoms. The van der Waals surface area contributed by atoms with Gasteiger partial charge in [0.15, 0.2) is 0 Å². The van der Waals surface area contributed by atoms with Crippen LogP contribution in [0.5, 0.6) is 0 Å². The number of aromatic nitrogens is 1. The molecular formula is C13H10F3N5S. The maximum Gasteiger partial charge on any atom is 0.416 e. The van der Waals surface area contributed by atoms with Crippen molar-refractivity contribution in [2.24, 2.45) is 0 Å². The van der Waals surface area contributed by atoms with E-state index in [4.69, 9.17) is 5.26 Å². The Kier molecular flexibility index (Phi) is 3.84. The lowest BCUT2D eigenvalue weighted by molar-refractivity contribution is -0.137. The number of nitrogens with zero attached hydrogens (tertiary/aromatic N) is 2. The van der Waals surface area contributed by atoms with Gasteiger partial charge in [0, 0.05) is 16.6 Å². The fourth-order valence-electron chi connectivity index (χ4n) is 2.10. The summed E-state index contributed by atoms with van der Waals surface area (Å²) in [6, 6.07) is 6.34. The first-order valence-corrected chi connectivity index (χ1v) is 7.10. The topological polar surface area (TPSA) is 72.8 Å². The number of hydrogen-bond donors (Lipinski definition) is 3. The van der Waals surface area contributed by atoms with Crippen LogP contribution in [0.15, 0.2) is 30.5 Å². The van der Waals surface area contributed by atoms with E-state index in [1.54, 1.807) is 12.3 Å². The molecule has 1 aliphatic rings. The molecule has 2 unspecified atom stereocenters. The normalized spacial score (nSPS) is 21.7. The number of nitriles is 1. The first kappa shape index (κ1) is 14.9. The van der Waals surface area contributed by atoms with Crippen LogP contribution in [0.2, 0.25) is 0 Å². The van der Waals surface area contributed by atoms with Crippen LogP contribution in [0.1, 0.15) is 16.5 Å². The Bertz CT molecular complexity index is 721. The molecule has 5 nitrogen and oxygen atoms in total. The number of thiazole rings is 1. The van der Waals surface area contributed by atoms with Crippen molar-refractivity contribution in [3.8, 4) is 16.6 Å². The quantitative estimate of drug-likeness (QED) is 0.791. The summed E-state index contributed by atoms with van der Waals surface area (Å²) in [5.74, 6) is 0. The molecule has 2 aromatic rings. The Morgan fingerprint density at radius 3 is 2.82 bits per heavy atom. The van der Waals surface area contributed by atoms with Crippen LogP contribution in [0, 0.1) is 11.3 Å². The van der Waals surface area contributed by atoms with Gasteiger partial charge < -0.3 is 0 Å². The summed E-state index contributed by atoms with van der Waals surface area (Å²) < 4.78 is 38.3. The van der Waals surface area contributed by atoms with Crippen LogP contribution in [0.4, 0.5) is 13.2 Å². The molecule has 22 heavy (non-hydrogen) atoms. The first-order valence-electron chi connectivity index (χ1n) is 6.28. The first-order chi connectivity index (χ1) is 10.5. The van der Waals surface area contributed by atoms with Gasteiger partial charge in [-0.15, -0.1) is 11.3 Å². The fourth-order valence-corrected chi connectivity index (χ4v) is 3.10. The minimum atomic E-state index is -4.39. The van der Waals surface area contributed by atoms with Gasteiger partial charge in [-0.1, -0.05) is 12.1 Å². The molecule has 0 bridgehead atoms. The largest absolute Gasteiger partial charge is 0.416 e. The minimum Gasteiger partial charge on any atom is -0.244 e. The SMILES string of the molecule is N#CC1NNNC1c1cnc(-c2cccc(C(F)(F)F)c2)s1. The van der Waals surface area contributed by atoms with Crippen molar-refractivity contribution in [2.45, 2.75) is 18.3 Å². The molecule has 0 amide bonds. The van der Waals surface area contributed by atoms with Crippen molar-refractivity contribution in [3.63, 3.8) is 0 Å². The number of alkyl halides is 3. The van der Waals surface area contributed by atoms with Crippen molar-refractivity contribution >= 4 is 11.3 Å². The molecule has 114 valence electrons. The molecule has 1 aliphatic heterocycles. The van der Waals surface area contributed by atoms with Crippen molar-refractivity contribution < 1.29 is 13.2 Å². The monoisotopic (exact) mass is 325 g/mol. The van der Waals surface area contributed by atoms with E-state index in [1.165, 1.54) is 17.4 Å². The predicted molar refractivity (Wildman–Crippen MR) is 74.1 cm³/mol. The molecule has 0 saturated carbocycles. The zero-order valence-electron chi connectivity index (χ0n) is 11.0. The van der Waals surface area contributed by atoms with Crippen LogP contribution in [-0.2, 0) is 6.18 Å². The highest BCUT2D eigenvalue weighted by Gasteiger charge is 2.32. The molecule has 0 radical (unpaired) electrons. The van der Waals surface area contributed by atoms with Crippen LogP contribution in [0.25, 0.3) is 10.6 Å². The Morgan fingerprint density at radius 1 is 1.27 bits per heavy atom. The van der Waals surface area contributed by atoms with Gasteiger partial charge in [0.25, 0.3) is 0 Å². The lowest BCUT2D eigenvalue weighted by Gasteiger charge is -2.08. The Labute approximate surface area is 127 Å². The molecule has 0 spiro atoms. The van der Waals surface area contributed by atoms with E-state index in [0.717, 1.165) is 17.0 Å². The number of nitrogens with one attached hydrogen (secondary N) is 3. The average Bonchev–Trinajstić information content (AvgIpc) is 3.15. The predicted octanol–water partition coefficient (Wildman–Crippen LogP) is 2.37. The van der Waals surface area contributed by atoms with Gasteiger partial charge in [-0.05, 0) is 12.1 Å². The summed E-state index contributed by atoms with van der Waals surface area (Å²) in [4.78, 5) is 4.93.